The molecule has 2 saturated heterocycles. The summed E-state index contributed by atoms with van der Waals surface area (Å²) in [7, 11) is -3.16. The molecule has 2 aliphatic heterocycles. The number of nitrogens with zero attached hydrogens (tertiary/aromatic N) is 2. The number of fused-ring (bicyclic) bond motifs is 1. The van der Waals surface area contributed by atoms with Crippen LogP contribution in [0.4, 0.5) is 10.1 Å². The van der Waals surface area contributed by atoms with Gasteiger partial charge in [0.05, 0.1) is 23.2 Å². The van der Waals surface area contributed by atoms with Crippen LogP contribution in [-0.4, -0.2) is 42.3 Å². The third-order valence-corrected chi connectivity index (χ3v) is 7.23. The number of carbonyl (C=O) groups is 1. The van der Waals surface area contributed by atoms with Crippen LogP contribution in [0.2, 0.25) is 0 Å². The van der Waals surface area contributed by atoms with Crippen molar-refractivity contribution < 1.29 is 17.6 Å². The van der Waals surface area contributed by atoms with Gasteiger partial charge in [-0.1, -0.05) is 44.7 Å². The lowest BCUT2D eigenvalue weighted by molar-refractivity contribution is -0.124. The average Bonchev–Trinajstić information content (AvgIpc) is 2.90. The van der Waals surface area contributed by atoms with E-state index in [0.717, 1.165) is 0 Å². The quantitative estimate of drug-likeness (QED) is 0.760. The van der Waals surface area contributed by atoms with Crippen molar-refractivity contribution in [1.29, 1.82) is 0 Å². The predicted molar refractivity (Wildman–Crippen MR) is 94.6 cm³/mol. The maximum Gasteiger partial charge on any atom is 0.253 e. The van der Waals surface area contributed by atoms with E-state index in [4.69, 9.17) is 0 Å². The molecule has 3 rings (SSSR count). The smallest absolute Gasteiger partial charge is 0.253 e. The highest BCUT2D eigenvalue weighted by Crippen LogP contribution is 2.41. The van der Waals surface area contributed by atoms with E-state index >= 15 is 0 Å². The van der Waals surface area contributed by atoms with Gasteiger partial charge in [-0.15, -0.1) is 0 Å². The van der Waals surface area contributed by atoms with Gasteiger partial charge < -0.3 is 4.90 Å². The fourth-order valence-corrected chi connectivity index (χ4v) is 6.65. The number of hydrogen-bond donors (Lipinski definition) is 0. The fraction of sp³-hybridized carbons (Fsp3) is 0.500. The van der Waals surface area contributed by atoms with E-state index in [1.165, 1.54) is 17.8 Å². The number of amides is 1. The Hall–Kier alpha value is -1.41. The molecule has 1 aromatic carbocycles. The summed E-state index contributed by atoms with van der Waals surface area (Å²) in [4.78, 5) is 18.1. The molecule has 24 heavy (non-hydrogen) atoms. The molecule has 2 unspecified atom stereocenters. The zero-order valence-corrected chi connectivity index (χ0v) is 15.3. The van der Waals surface area contributed by atoms with Crippen molar-refractivity contribution in [2.45, 2.75) is 32.1 Å². The molecular weight excluding hydrogens is 351 g/mol. The zero-order valence-electron chi connectivity index (χ0n) is 13.7. The van der Waals surface area contributed by atoms with E-state index in [1.807, 2.05) is 0 Å². The summed E-state index contributed by atoms with van der Waals surface area (Å²) < 4.78 is 38.2. The van der Waals surface area contributed by atoms with Crippen LogP contribution in [0, 0.1) is 11.2 Å². The SMILES string of the molecule is CC(C)(C)C(=O)N=C1SC2CS(=O)(=O)CC2N1c1ccccc1F. The maximum atomic E-state index is 14.3. The number of aliphatic imine (C=N–C) groups is 1. The highest BCUT2D eigenvalue weighted by molar-refractivity contribution is 8.16. The van der Waals surface area contributed by atoms with E-state index in [9.17, 15) is 17.6 Å². The Morgan fingerprint density at radius 1 is 1.29 bits per heavy atom. The lowest BCUT2D eigenvalue weighted by Gasteiger charge is -2.25. The molecule has 0 N–H and O–H groups in total. The molecule has 2 fully saturated rings. The number of halogens is 1. The second kappa shape index (κ2) is 5.84. The van der Waals surface area contributed by atoms with Crippen LogP contribution in [-0.2, 0) is 14.6 Å². The summed E-state index contributed by atoms with van der Waals surface area (Å²) in [5, 5.41) is 0.144. The van der Waals surface area contributed by atoms with Crippen LogP contribution in [0.5, 0.6) is 0 Å². The standard InChI is InChI=1S/C16H19FN2O3S2/c1-16(2,3)14(20)18-15-19(11-7-5-4-6-10(11)17)12-8-24(21,22)9-13(12)23-15/h4-7,12-13H,8-9H2,1-3H3. The third-order valence-electron chi connectivity index (χ3n) is 4.02. The number of anilines is 1. The number of rotatable bonds is 1. The van der Waals surface area contributed by atoms with Crippen molar-refractivity contribution in [1.82, 2.24) is 0 Å². The van der Waals surface area contributed by atoms with Gasteiger partial charge in [0.15, 0.2) is 15.0 Å². The number of hydrogen-bond acceptors (Lipinski definition) is 4. The van der Waals surface area contributed by atoms with E-state index in [0.29, 0.717) is 5.17 Å². The lowest BCUT2D eigenvalue weighted by atomic mass is 9.96. The molecule has 2 aliphatic rings. The highest BCUT2D eigenvalue weighted by Gasteiger charge is 2.50. The normalized spacial score (nSPS) is 27.5. The molecule has 1 aromatic rings. The Morgan fingerprint density at radius 3 is 2.58 bits per heavy atom. The molecule has 0 aromatic heterocycles. The summed E-state index contributed by atoms with van der Waals surface area (Å²) in [5.41, 5.74) is -0.395. The molecular formula is C16H19FN2O3S2. The van der Waals surface area contributed by atoms with Crippen molar-refractivity contribution in [3.05, 3.63) is 30.1 Å². The summed E-state index contributed by atoms with van der Waals surface area (Å²) in [6, 6.07) is 5.76. The number of benzene rings is 1. The van der Waals surface area contributed by atoms with Gasteiger partial charge in [-0.3, -0.25) is 4.79 Å². The van der Waals surface area contributed by atoms with Crippen molar-refractivity contribution in [3.8, 4) is 0 Å². The van der Waals surface area contributed by atoms with Crippen LogP contribution < -0.4 is 4.90 Å². The largest absolute Gasteiger partial charge is 0.313 e. The van der Waals surface area contributed by atoms with Crippen LogP contribution >= 0.6 is 11.8 Å². The minimum atomic E-state index is -3.16. The first kappa shape index (κ1) is 17.4. The van der Waals surface area contributed by atoms with E-state index in [2.05, 4.69) is 4.99 Å². The Labute approximate surface area is 145 Å². The highest BCUT2D eigenvalue weighted by atomic mass is 32.2. The molecule has 0 saturated carbocycles. The van der Waals surface area contributed by atoms with E-state index in [1.54, 1.807) is 43.9 Å². The van der Waals surface area contributed by atoms with Gasteiger partial charge >= 0.3 is 0 Å². The Kier molecular flexibility index (Phi) is 4.24. The summed E-state index contributed by atoms with van der Waals surface area (Å²) in [6.45, 7) is 5.28. The van der Waals surface area contributed by atoms with Gasteiger partial charge in [-0.25, -0.2) is 12.8 Å². The fourth-order valence-electron chi connectivity index (χ4n) is 2.75. The van der Waals surface area contributed by atoms with Gasteiger partial charge in [0.1, 0.15) is 5.82 Å². The van der Waals surface area contributed by atoms with Gasteiger partial charge in [-0.05, 0) is 12.1 Å². The summed E-state index contributed by atoms with van der Waals surface area (Å²) >= 11 is 1.25. The van der Waals surface area contributed by atoms with Crippen LogP contribution in [0.25, 0.3) is 0 Å². The van der Waals surface area contributed by atoms with Crippen molar-refractivity contribution >= 4 is 38.4 Å². The molecule has 1 amide bonds. The topological polar surface area (TPSA) is 66.8 Å². The first-order chi connectivity index (χ1) is 11.1. The molecule has 0 radical (unpaired) electrons. The molecule has 5 nitrogen and oxygen atoms in total. The van der Waals surface area contributed by atoms with Gasteiger partial charge in [0.2, 0.25) is 0 Å². The second-order valence-electron chi connectivity index (χ2n) is 7.07. The number of amidine groups is 1. The minimum Gasteiger partial charge on any atom is -0.313 e. The maximum absolute atomic E-state index is 14.3. The molecule has 0 bridgehead atoms. The molecule has 130 valence electrons. The number of thioether (sulfide) groups is 1. The van der Waals surface area contributed by atoms with Crippen molar-refractivity contribution in [3.63, 3.8) is 0 Å². The summed E-state index contributed by atoms with van der Waals surface area (Å²) in [6.07, 6.45) is 0. The monoisotopic (exact) mass is 370 g/mol. The lowest BCUT2D eigenvalue weighted by Crippen LogP contribution is -2.38. The molecule has 8 heteroatoms. The summed E-state index contributed by atoms with van der Waals surface area (Å²) in [5.74, 6) is -0.800. The molecule has 2 atom stereocenters. The van der Waals surface area contributed by atoms with Gasteiger partial charge in [-0.2, -0.15) is 4.99 Å². The molecule has 0 aliphatic carbocycles. The average molecular weight is 370 g/mol. The number of para-hydroxylation sites is 1. The van der Waals surface area contributed by atoms with Crippen molar-refractivity contribution in [2.75, 3.05) is 16.4 Å². The second-order valence-corrected chi connectivity index (χ2v) is 10.4. The Balaban J connectivity index is 2.05. The first-order valence-corrected chi connectivity index (χ1v) is 10.3. The predicted octanol–water partition coefficient (Wildman–Crippen LogP) is 2.47. The minimum absolute atomic E-state index is 0.0238. The number of carbonyl (C=O) groups excluding carboxylic acids is 1. The zero-order chi connectivity index (χ0) is 17.7. The Bertz CT molecular complexity index is 815. The van der Waals surface area contributed by atoms with Crippen LogP contribution in [0.3, 0.4) is 0 Å². The Morgan fingerprint density at radius 2 is 1.96 bits per heavy atom. The van der Waals surface area contributed by atoms with Crippen LogP contribution in [0.15, 0.2) is 29.3 Å². The third kappa shape index (κ3) is 3.21. The van der Waals surface area contributed by atoms with Crippen LogP contribution in [0.1, 0.15) is 20.8 Å². The van der Waals surface area contributed by atoms with Gasteiger partial charge in [0, 0.05) is 10.7 Å². The van der Waals surface area contributed by atoms with Crippen molar-refractivity contribution in [2.24, 2.45) is 10.4 Å². The number of sulfone groups is 1. The first-order valence-electron chi connectivity index (χ1n) is 7.62. The molecule has 0 spiro atoms. The van der Waals surface area contributed by atoms with E-state index in [-0.39, 0.29) is 28.4 Å². The van der Waals surface area contributed by atoms with Gasteiger partial charge in [0.25, 0.3) is 5.91 Å². The van der Waals surface area contributed by atoms with E-state index < -0.39 is 27.1 Å². The molecule has 2 heterocycles.